The number of carbonyl (C=O) groups is 9. The quantitative estimate of drug-likeness (QED) is 0.0275. The molecule has 22 heteroatoms. The van der Waals surface area contributed by atoms with Crippen molar-refractivity contribution >= 4 is 61.6 Å². The lowest BCUT2D eigenvalue weighted by Gasteiger charge is -2.18. The third kappa shape index (κ3) is 20.2. The number of rotatable bonds is 23. The van der Waals surface area contributed by atoms with Gasteiger partial charge >= 0.3 is 11.9 Å². The fourth-order valence-corrected chi connectivity index (χ4v) is 3.80. The Morgan fingerprint density at radius 2 is 1.22 bits per heavy atom. The topological polar surface area (TPSA) is 334 Å². The second-order valence-electron chi connectivity index (χ2n) is 9.09. The summed E-state index contributed by atoms with van der Waals surface area (Å²) in [6.45, 7) is -1.35. The minimum absolute atomic E-state index is 0.00154. The van der Waals surface area contributed by atoms with Crippen LogP contribution < -0.4 is 43.1 Å². The zero-order valence-corrected chi connectivity index (χ0v) is 25.3. The van der Waals surface area contributed by atoms with Gasteiger partial charge < -0.3 is 57.4 Å². The van der Waals surface area contributed by atoms with E-state index in [-0.39, 0.29) is 32.3 Å². The molecule has 0 bridgehead atoms. The molecule has 4 atom stereocenters. The van der Waals surface area contributed by atoms with Gasteiger partial charge in [0.1, 0.15) is 12.1 Å². The average molecular weight is 667 g/mol. The summed E-state index contributed by atoms with van der Waals surface area (Å²) in [5, 5.41) is 43.1. The predicted octanol–water partition coefficient (Wildman–Crippen LogP) is -5.72. The van der Waals surface area contributed by atoms with Gasteiger partial charge in [0.2, 0.25) is 41.1 Å². The maximum absolute atomic E-state index is 12.3. The van der Waals surface area contributed by atoms with E-state index in [1.807, 2.05) is 0 Å². The van der Waals surface area contributed by atoms with Crippen LogP contribution in [0.3, 0.4) is 0 Å². The molecule has 0 aliphatic carbocycles. The number of aliphatic hydroxyl groups excluding tert-OH is 1. The van der Waals surface area contributed by atoms with Crippen molar-refractivity contribution < 1.29 is 63.3 Å². The lowest BCUT2D eigenvalue weighted by atomic mass is 10.1. The number of carboxylic acid groups (broad SMARTS) is 2. The molecule has 254 valence electrons. The summed E-state index contributed by atoms with van der Waals surface area (Å²) in [5.41, 5.74) is -0.697. The second kappa shape index (κ2) is 23.0. The van der Waals surface area contributed by atoms with E-state index in [1.54, 1.807) is 0 Å². The smallest absolute Gasteiger partial charge is 0.326 e. The van der Waals surface area contributed by atoms with E-state index < -0.39 is 112 Å². The molecule has 0 aliphatic heterocycles. The van der Waals surface area contributed by atoms with Crippen LogP contribution in [0.1, 0.15) is 19.8 Å². The summed E-state index contributed by atoms with van der Waals surface area (Å²) in [6.07, 6.45) is -0.847. The molecule has 0 radical (unpaired) electrons. The van der Waals surface area contributed by atoms with Gasteiger partial charge in [-0.2, -0.15) is 0 Å². The molecule has 0 aromatic heterocycles. The Morgan fingerprint density at radius 1 is 0.711 bits per heavy atom. The van der Waals surface area contributed by atoms with E-state index in [4.69, 9.17) is 11.0 Å². The SMILES string of the molecule is CC(CPC(=O)N[C@@H](CCC(=O)N[C@@H](CO)C(=O)NCC(=O)NCC(=O)NCC(=O)NCC(=O)NCCON)C(=O)O)C(=O)O. The molecule has 0 saturated carbocycles. The Labute approximate surface area is 258 Å². The fraction of sp³-hybridized carbons (Fsp3) is 0.609. The van der Waals surface area contributed by atoms with Crippen molar-refractivity contribution in [2.45, 2.75) is 31.8 Å². The first kappa shape index (κ1) is 40.5. The lowest BCUT2D eigenvalue weighted by molar-refractivity contribution is -0.141. The highest BCUT2D eigenvalue weighted by Crippen LogP contribution is 2.17. The van der Waals surface area contributed by atoms with Crippen molar-refractivity contribution in [2.24, 2.45) is 11.8 Å². The maximum atomic E-state index is 12.3. The average Bonchev–Trinajstić information content (AvgIpc) is 2.99. The van der Waals surface area contributed by atoms with Gasteiger partial charge in [-0.3, -0.25) is 38.4 Å². The van der Waals surface area contributed by atoms with Crippen molar-refractivity contribution in [1.82, 2.24) is 37.2 Å². The van der Waals surface area contributed by atoms with Crippen LogP contribution in [0, 0.1) is 5.92 Å². The lowest BCUT2D eigenvalue weighted by Crippen LogP contribution is -2.51. The Balaban J connectivity index is 4.43. The summed E-state index contributed by atoms with van der Waals surface area (Å²) in [4.78, 5) is 110. The summed E-state index contributed by atoms with van der Waals surface area (Å²) in [6, 6.07) is -2.98. The summed E-state index contributed by atoms with van der Waals surface area (Å²) < 4.78 is 0. The van der Waals surface area contributed by atoms with Crippen LogP contribution in [0.4, 0.5) is 4.79 Å². The van der Waals surface area contributed by atoms with Gasteiger partial charge in [-0.05, 0) is 21.2 Å². The maximum Gasteiger partial charge on any atom is 0.326 e. The van der Waals surface area contributed by atoms with Crippen LogP contribution in [0.25, 0.3) is 0 Å². The first-order chi connectivity index (χ1) is 21.2. The second-order valence-corrected chi connectivity index (χ2v) is 10.3. The summed E-state index contributed by atoms with van der Waals surface area (Å²) in [5.74, 6) is -3.17. The van der Waals surface area contributed by atoms with E-state index in [0.717, 1.165) is 0 Å². The predicted molar refractivity (Wildman–Crippen MR) is 153 cm³/mol. The molecule has 0 aliphatic rings. The molecule has 0 aromatic rings. The third-order valence-electron chi connectivity index (χ3n) is 5.39. The molecular formula is C23H39N8O13P. The number of carboxylic acids is 2. The molecule has 21 nitrogen and oxygen atoms in total. The van der Waals surface area contributed by atoms with Gasteiger partial charge in [-0.15, -0.1) is 0 Å². The number of hydrogen-bond acceptors (Lipinski definition) is 12. The number of amides is 7. The number of aliphatic carboxylic acids is 2. The van der Waals surface area contributed by atoms with Gasteiger partial charge in [-0.25, -0.2) is 10.7 Å². The minimum atomic E-state index is -1.51. The molecule has 7 amide bonds. The molecule has 2 unspecified atom stereocenters. The van der Waals surface area contributed by atoms with E-state index in [0.29, 0.717) is 0 Å². The third-order valence-corrected chi connectivity index (χ3v) is 6.67. The van der Waals surface area contributed by atoms with E-state index in [1.165, 1.54) is 6.92 Å². The van der Waals surface area contributed by atoms with Gasteiger partial charge in [-0.1, -0.05) is 6.92 Å². The summed E-state index contributed by atoms with van der Waals surface area (Å²) >= 11 is 0. The van der Waals surface area contributed by atoms with E-state index >= 15 is 0 Å². The summed E-state index contributed by atoms with van der Waals surface area (Å²) in [7, 11) is -0.520. The van der Waals surface area contributed by atoms with Crippen molar-refractivity contribution in [3.05, 3.63) is 0 Å². The first-order valence-electron chi connectivity index (χ1n) is 13.3. The highest BCUT2D eigenvalue weighted by molar-refractivity contribution is 7.57. The molecule has 0 heterocycles. The number of nitrogens with two attached hydrogens (primary N) is 1. The van der Waals surface area contributed by atoms with Crippen molar-refractivity contribution in [1.29, 1.82) is 0 Å². The largest absolute Gasteiger partial charge is 0.481 e. The van der Waals surface area contributed by atoms with Gasteiger partial charge in [0.05, 0.1) is 45.3 Å². The van der Waals surface area contributed by atoms with Crippen molar-refractivity contribution in [2.75, 3.05) is 52.1 Å². The van der Waals surface area contributed by atoms with Crippen LogP contribution in [-0.2, 0) is 43.2 Å². The molecule has 0 saturated heterocycles. The van der Waals surface area contributed by atoms with Crippen LogP contribution in [0.2, 0.25) is 0 Å². The molecule has 0 aromatic carbocycles. The number of nitrogens with one attached hydrogen (secondary N) is 7. The zero-order valence-electron chi connectivity index (χ0n) is 24.3. The van der Waals surface area contributed by atoms with Gasteiger partial charge in [0, 0.05) is 13.0 Å². The van der Waals surface area contributed by atoms with Gasteiger partial charge in [0.15, 0.2) is 0 Å². The number of aliphatic hydroxyl groups is 1. The van der Waals surface area contributed by atoms with Gasteiger partial charge in [0.25, 0.3) is 0 Å². The van der Waals surface area contributed by atoms with Crippen LogP contribution >= 0.6 is 8.58 Å². The monoisotopic (exact) mass is 666 g/mol. The molecule has 12 N–H and O–H groups in total. The Bertz CT molecular complexity index is 1080. The minimum Gasteiger partial charge on any atom is -0.481 e. The Morgan fingerprint density at radius 3 is 1.69 bits per heavy atom. The molecular weight excluding hydrogens is 627 g/mol. The fourth-order valence-electron chi connectivity index (χ4n) is 2.86. The number of hydrogen-bond donors (Lipinski definition) is 11. The highest BCUT2D eigenvalue weighted by atomic mass is 31.1. The standard InChI is InChI=1S/C23H39N8O13P/c1-12(21(39)40)11-45-23(43)31-13(22(41)42)2-3-15(33)30-14(10-32)20(38)29-9-19(37)28-8-18(36)27-7-17(35)26-6-16(34)25-4-5-44-24/h12-14,32,45H,2-11,24H2,1H3,(H,25,34)(H,26,35)(H,27,36)(H,28,37)(H,29,38)(H,30,33)(H,31,43)(H,39,40)(H,41,42)/t12?,13-,14-/m0/s1. The molecule has 0 rings (SSSR count). The van der Waals surface area contributed by atoms with Crippen LogP contribution in [0.5, 0.6) is 0 Å². The zero-order chi connectivity index (χ0) is 34.4. The van der Waals surface area contributed by atoms with Crippen LogP contribution in [0.15, 0.2) is 0 Å². The van der Waals surface area contributed by atoms with Crippen LogP contribution in [-0.4, -0.2) is 133 Å². The van der Waals surface area contributed by atoms with E-state index in [9.17, 15) is 53.4 Å². The molecule has 45 heavy (non-hydrogen) atoms. The van der Waals surface area contributed by atoms with Crippen molar-refractivity contribution in [3.8, 4) is 0 Å². The Kier molecular flexibility index (Phi) is 20.7. The normalized spacial score (nSPS) is 12.6. The van der Waals surface area contributed by atoms with E-state index in [2.05, 4.69) is 42.1 Å². The first-order valence-corrected chi connectivity index (χ1v) is 14.5. The Hall–Kier alpha value is -4.46. The number of carbonyl (C=O) groups excluding carboxylic acids is 7. The highest BCUT2D eigenvalue weighted by Gasteiger charge is 2.24. The molecule has 0 spiro atoms. The van der Waals surface area contributed by atoms with Crippen molar-refractivity contribution in [3.63, 3.8) is 0 Å². The molecule has 0 fully saturated rings.